The molecule has 0 saturated heterocycles. The zero-order valence-corrected chi connectivity index (χ0v) is 13.1. The minimum absolute atomic E-state index is 0.0808. The Labute approximate surface area is 132 Å². The number of nitrogens with zero attached hydrogens (tertiary/aromatic N) is 1. The summed E-state index contributed by atoms with van der Waals surface area (Å²) in [6.07, 6.45) is 2.48. The molecule has 1 N–H and O–H groups in total. The minimum atomic E-state index is -1.10. The monoisotopic (exact) mass is 331 g/mol. The molecular weight excluding hydrogens is 317 g/mol. The van der Waals surface area contributed by atoms with Crippen LogP contribution >= 0.6 is 23.2 Å². The Kier molecular flexibility index (Phi) is 6.52. The van der Waals surface area contributed by atoms with E-state index in [1.807, 2.05) is 0 Å². The fourth-order valence-electron chi connectivity index (χ4n) is 1.48. The topological polar surface area (TPSA) is 66.8 Å². The maximum Gasteiger partial charge on any atom is 0.328 e. The van der Waals surface area contributed by atoms with Crippen molar-refractivity contribution in [3.8, 4) is 5.75 Å². The predicted molar refractivity (Wildman–Crippen MR) is 81.9 cm³/mol. The molecule has 0 saturated carbocycles. The lowest BCUT2D eigenvalue weighted by Gasteiger charge is -2.13. The molecule has 0 heterocycles. The zero-order chi connectivity index (χ0) is 16.0. The van der Waals surface area contributed by atoms with E-state index in [2.05, 4.69) is 0 Å². The molecular formula is C14H15Cl2NO4. The standard InChI is InChI=1S/C14H15Cl2NO4/c1-17(2)12(18)5-6-21-14-9(3-4-13(19)20)7-10(15)8-11(14)16/h3-4,7-8H,5-6H2,1-2H3,(H,19,20)/b4-3+. The summed E-state index contributed by atoms with van der Waals surface area (Å²) in [6.45, 7) is 0.131. The number of carboxylic acids is 1. The number of hydrogen-bond acceptors (Lipinski definition) is 3. The van der Waals surface area contributed by atoms with Crippen molar-refractivity contribution in [1.29, 1.82) is 0 Å². The van der Waals surface area contributed by atoms with Gasteiger partial charge in [0.05, 0.1) is 18.1 Å². The van der Waals surface area contributed by atoms with Crippen LogP contribution in [0.15, 0.2) is 18.2 Å². The van der Waals surface area contributed by atoms with Crippen LogP contribution in [0.1, 0.15) is 12.0 Å². The smallest absolute Gasteiger partial charge is 0.328 e. The van der Waals surface area contributed by atoms with Gasteiger partial charge in [0, 0.05) is 30.8 Å². The van der Waals surface area contributed by atoms with E-state index in [1.54, 1.807) is 14.1 Å². The van der Waals surface area contributed by atoms with Crippen LogP contribution in [0.3, 0.4) is 0 Å². The number of hydrogen-bond donors (Lipinski definition) is 1. The number of carbonyl (C=O) groups excluding carboxylic acids is 1. The molecule has 0 aliphatic rings. The maximum atomic E-state index is 11.5. The van der Waals surface area contributed by atoms with Crippen molar-refractivity contribution in [2.24, 2.45) is 0 Å². The molecule has 114 valence electrons. The Bertz CT molecular complexity index is 570. The summed E-state index contributed by atoms with van der Waals surface area (Å²) in [6, 6.07) is 3.03. The maximum absolute atomic E-state index is 11.5. The summed E-state index contributed by atoms with van der Waals surface area (Å²) < 4.78 is 5.49. The molecule has 1 aromatic carbocycles. The average molecular weight is 332 g/mol. The number of ether oxygens (including phenoxy) is 1. The van der Waals surface area contributed by atoms with E-state index >= 15 is 0 Å². The highest BCUT2D eigenvalue weighted by molar-refractivity contribution is 6.35. The normalized spacial score (nSPS) is 10.7. The van der Waals surface area contributed by atoms with E-state index in [9.17, 15) is 9.59 Å². The Balaban J connectivity index is 2.89. The summed E-state index contributed by atoms with van der Waals surface area (Å²) in [5, 5.41) is 9.29. The summed E-state index contributed by atoms with van der Waals surface area (Å²) in [5.74, 6) is -0.882. The Morgan fingerprint density at radius 1 is 1.33 bits per heavy atom. The molecule has 0 spiro atoms. The second kappa shape index (κ2) is 7.90. The minimum Gasteiger partial charge on any atom is -0.491 e. The second-order valence-electron chi connectivity index (χ2n) is 4.36. The fraction of sp³-hybridized carbons (Fsp3) is 0.286. The molecule has 1 aromatic rings. The molecule has 0 aliphatic carbocycles. The first-order valence-electron chi connectivity index (χ1n) is 6.04. The molecule has 21 heavy (non-hydrogen) atoms. The van der Waals surface area contributed by atoms with Crippen LogP contribution in [0.4, 0.5) is 0 Å². The van der Waals surface area contributed by atoms with Gasteiger partial charge in [-0.2, -0.15) is 0 Å². The van der Waals surface area contributed by atoms with Gasteiger partial charge in [0.1, 0.15) is 5.75 Å². The number of aliphatic carboxylic acids is 1. The van der Waals surface area contributed by atoms with Crippen molar-refractivity contribution in [2.45, 2.75) is 6.42 Å². The van der Waals surface area contributed by atoms with E-state index in [-0.39, 0.29) is 24.0 Å². The number of amides is 1. The highest BCUT2D eigenvalue weighted by atomic mass is 35.5. The third kappa shape index (κ3) is 5.65. The second-order valence-corrected chi connectivity index (χ2v) is 5.21. The lowest BCUT2D eigenvalue weighted by Crippen LogP contribution is -2.23. The van der Waals surface area contributed by atoms with Gasteiger partial charge in [-0.1, -0.05) is 23.2 Å². The van der Waals surface area contributed by atoms with Crippen molar-refractivity contribution in [3.63, 3.8) is 0 Å². The number of benzene rings is 1. The van der Waals surface area contributed by atoms with Crippen LogP contribution in [-0.4, -0.2) is 42.6 Å². The van der Waals surface area contributed by atoms with Gasteiger partial charge in [-0.25, -0.2) is 4.79 Å². The lowest BCUT2D eigenvalue weighted by molar-refractivity contribution is -0.131. The van der Waals surface area contributed by atoms with Crippen LogP contribution in [0, 0.1) is 0 Å². The van der Waals surface area contributed by atoms with E-state index in [4.69, 9.17) is 33.0 Å². The van der Waals surface area contributed by atoms with Gasteiger partial charge in [-0.15, -0.1) is 0 Å². The molecule has 5 nitrogen and oxygen atoms in total. The van der Waals surface area contributed by atoms with Crippen molar-refractivity contribution >= 4 is 41.2 Å². The largest absolute Gasteiger partial charge is 0.491 e. The Morgan fingerprint density at radius 3 is 2.57 bits per heavy atom. The third-order valence-electron chi connectivity index (χ3n) is 2.50. The summed E-state index contributed by atoms with van der Waals surface area (Å²) in [4.78, 5) is 23.5. The Morgan fingerprint density at radius 2 is 2.00 bits per heavy atom. The van der Waals surface area contributed by atoms with E-state index in [1.165, 1.54) is 23.1 Å². The van der Waals surface area contributed by atoms with Gasteiger partial charge in [0.25, 0.3) is 0 Å². The molecule has 0 fully saturated rings. The number of rotatable bonds is 6. The summed E-state index contributed by atoms with van der Waals surface area (Å²) >= 11 is 11.9. The molecule has 0 unspecified atom stereocenters. The number of carboxylic acid groups (broad SMARTS) is 1. The highest BCUT2D eigenvalue weighted by Crippen LogP contribution is 2.33. The first-order valence-corrected chi connectivity index (χ1v) is 6.80. The summed E-state index contributed by atoms with van der Waals surface area (Å²) in [7, 11) is 3.30. The molecule has 1 amide bonds. The van der Waals surface area contributed by atoms with Crippen LogP contribution in [0.5, 0.6) is 5.75 Å². The van der Waals surface area contributed by atoms with Gasteiger partial charge in [0.15, 0.2) is 0 Å². The van der Waals surface area contributed by atoms with Crippen LogP contribution in [0.2, 0.25) is 10.0 Å². The highest BCUT2D eigenvalue weighted by Gasteiger charge is 2.11. The first-order chi connectivity index (χ1) is 9.81. The van der Waals surface area contributed by atoms with Gasteiger partial charge in [0.2, 0.25) is 5.91 Å². The van der Waals surface area contributed by atoms with Gasteiger partial charge >= 0.3 is 5.97 Å². The van der Waals surface area contributed by atoms with E-state index in [0.717, 1.165) is 6.08 Å². The van der Waals surface area contributed by atoms with Gasteiger partial charge in [-0.3, -0.25) is 4.79 Å². The number of carbonyl (C=O) groups is 2. The Hall–Kier alpha value is -1.72. The fourth-order valence-corrected chi connectivity index (χ4v) is 2.05. The predicted octanol–water partition coefficient (Wildman–Crippen LogP) is 2.95. The molecule has 0 aromatic heterocycles. The summed E-state index contributed by atoms with van der Waals surface area (Å²) in [5.41, 5.74) is 0.437. The number of halogens is 2. The van der Waals surface area contributed by atoms with Crippen molar-refractivity contribution < 1.29 is 19.4 Å². The van der Waals surface area contributed by atoms with Crippen molar-refractivity contribution in [2.75, 3.05) is 20.7 Å². The zero-order valence-electron chi connectivity index (χ0n) is 11.6. The molecule has 0 atom stereocenters. The molecule has 0 radical (unpaired) electrons. The quantitative estimate of drug-likeness (QED) is 0.814. The van der Waals surface area contributed by atoms with Gasteiger partial charge in [-0.05, 0) is 18.2 Å². The van der Waals surface area contributed by atoms with Crippen LogP contribution in [-0.2, 0) is 9.59 Å². The van der Waals surface area contributed by atoms with Crippen LogP contribution in [0.25, 0.3) is 6.08 Å². The van der Waals surface area contributed by atoms with Crippen molar-refractivity contribution in [1.82, 2.24) is 4.90 Å². The molecule has 0 bridgehead atoms. The molecule has 0 aliphatic heterocycles. The average Bonchev–Trinajstić information content (AvgIpc) is 2.38. The molecule has 7 heteroatoms. The van der Waals surface area contributed by atoms with Gasteiger partial charge < -0.3 is 14.7 Å². The molecule has 1 rings (SSSR count). The third-order valence-corrected chi connectivity index (χ3v) is 3.00. The SMILES string of the molecule is CN(C)C(=O)CCOc1c(Cl)cc(Cl)cc1/C=C/C(=O)O. The first kappa shape index (κ1) is 17.3. The lowest BCUT2D eigenvalue weighted by atomic mass is 10.2. The van der Waals surface area contributed by atoms with Crippen LogP contribution < -0.4 is 4.74 Å². The van der Waals surface area contributed by atoms with E-state index in [0.29, 0.717) is 16.3 Å². The van der Waals surface area contributed by atoms with E-state index < -0.39 is 5.97 Å². The van der Waals surface area contributed by atoms with Crippen molar-refractivity contribution in [3.05, 3.63) is 33.8 Å².